The lowest BCUT2D eigenvalue weighted by Gasteiger charge is -2.05. The van der Waals surface area contributed by atoms with Crippen LogP contribution in [0.4, 0.5) is 4.39 Å². The molecule has 7 heteroatoms. The van der Waals surface area contributed by atoms with Crippen molar-refractivity contribution in [2.24, 2.45) is 0 Å². The molecule has 2 heterocycles. The number of rotatable bonds is 6. The Morgan fingerprint density at radius 2 is 1.96 bits per heavy atom. The molecule has 140 valence electrons. The predicted octanol–water partition coefficient (Wildman–Crippen LogP) is 3.64. The van der Waals surface area contributed by atoms with E-state index in [4.69, 9.17) is 4.52 Å². The average molecular weight is 376 g/mol. The molecule has 0 bridgehead atoms. The lowest BCUT2D eigenvalue weighted by molar-refractivity contribution is 0.0917. The van der Waals surface area contributed by atoms with Gasteiger partial charge in [-0.1, -0.05) is 29.4 Å². The fourth-order valence-electron chi connectivity index (χ4n) is 2.81. The molecule has 0 aliphatic heterocycles. The highest BCUT2D eigenvalue weighted by molar-refractivity contribution is 5.92. The molecule has 0 spiro atoms. The van der Waals surface area contributed by atoms with E-state index in [0.717, 1.165) is 11.3 Å². The van der Waals surface area contributed by atoms with Crippen LogP contribution in [-0.2, 0) is 6.42 Å². The third kappa shape index (κ3) is 3.98. The van der Waals surface area contributed by atoms with Gasteiger partial charge in [-0.15, -0.1) is 0 Å². The van der Waals surface area contributed by atoms with Crippen molar-refractivity contribution in [3.05, 3.63) is 90.2 Å². The van der Waals surface area contributed by atoms with Crippen molar-refractivity contribution in [1.82, 2.24) is 20.3 Å². The molecule has 0 unspecified atom stereocenters. The van der Waals surface area contributed by atoms with Crippen molar-refractivity contribution in [2.45, 2.75) is 6.42 Å². The van der Waals surface area contributed by atoms with Crippen molar-refractivity contribution >= 4 is 5.91 Å². The number of hydrogen-bond acceptors (Lipinski definition) is 4. The minimum absolute atomic E-state index is 0.0910. The Hall–Kier alpha value is -3.74. The van der Waals surface area contributed by atoms with Crippen molar-refractivity contribution in [1.29, 1.82) is 0 Å². The molecular weight excluding hydrogens is 359 g/mol. The number of aromatic nitrogens is 3. The molecule has 0 fully saturated rings. The molecule has 0 saturated heterocycles. The highest BCUT2D eigenvalue weighted by Gasteiger charge is 2.14. The number of benzene rings is 2. The lowest BCUT2D eigenvalue weighted by atomic mass is 10.1. The molecule has 0 aliphatic rings. The van der Waals surface area contributed by atoms with Gasteiger partial charge in [-0.05, 0) is 42.3 Å². The van der Waals surface area contributed by atoms with Gasteiger partial charge in [0, 0.05) is 30.6 Å². The molecule has 2 aromatic carbocycles. The van der Waals surface area contributed by atoms with Crippen LogP contribution in [0.15, 0.2) is 77.6 Å². The zero-order chi connectivity index (χ0) is 19.3. The number of nitrogens with one attached hydrogen (secondary N) is 1. The van der Waals surface area contributed by atoms with E-state index >= 15 is 0 Å². The Morgan fingerprint density at radius 1 is 1.11 bits per heavy atom. The first-order valence-corrected chi connectivity index (χ1v) is 8.79. The third-order valence-corrected chi connectivity index (χ3v) is 4.26. The van der Waals surface area contributed by atoms with Gasteiger partial charge in [0.25, 0.3) is 5.91 Å². The molecule has 0 aliphatic carbocycles. The maximum atomic E-state index is 13.3. The van der Waals surface area contributed by atoms with E-state index in [9.17, 15) is 9.18 Å². The number of carbonyl (C=O) groups excluding carboxylic acids is 1. The molecule has 0 atom stereocenters. The average Bonchev–Trinajstić information content (AvgIpc) is 3.41. The Balaban J connectivity index is 1.32. The van der Waals surface area contributed by atoms with E-state index < -0.39 is 0 Å². The maximum Gasteiger partial charge on any atom is 0.289 e. The van der Waals surface area contributed by atoms with Crippen LogP contribution in [0.5, 0.6) is 0 Å². The van der Waals surface area contributed by atoms with Gasteiger partial charge >= 0.3 is 0 Å². The fourth-order valence-corrected chi connectivity index (χ4v) is 2.81. The zero-order valence-corrected chi connectivity index (χ0v) is 14.9. The molecule has 1 amide bonds. The van der Waals surface area contributed by atoms with Crippen molar-refractivity contribution in [3.8, 4) is 16.9 Å². The zero-order valence-electron chi connectivity index (χ0n) is 14.9. The van der Waals surface area contributed by atoms with Gasteiger partial charge in [0.05, 0.1) is 5.69 Å². The lowest BCUT2D eigenvalue weighted by Crippen LogP contribution is -2.25. The van der Waals surface area contributed by atoms with Gasteiger partial charge in [0.15, 0.2) is 0 Å². The van der Waals surface area contributed by atoms with Crippen LogP contribution in [0.25, 0.3) is 16.9 Å². The number of amides is 1. The second-order valence-electron chi connectivity index (χ2n) is 6.21. The molecule has 2 aromatic heterocycles. The van der Waals surface area contributed by atoms with Gasteiger partial charge in [0.2, 0.25) is 5.76 Å². The number of carbonyl (C=O) groups is 1. The molecule has 28 heavy (non-hydrogen) atoms. The minimum Gasteiger partial charge on any atom is -0.350 e. The van der Waals surface area contributed by atoms with Crippen LogP contribution in [0.1, 0.15) is 16.1 Å². The standard InChI is InChI=1S/C21H17FN4O2/c22-17-4-1-3-16(13-17)19-14-20(28-25-19)21(27)23-11-9-15-5-7-18(8-6-15)26-12-2-10-24-26/h1-8,10,12-14H,9,11H2,(H,23,27). The van der Waals surface area contributed by atoms with E-state index in [1.54, 1.807) is 23.0 Å². The smallest absolute Gasteiger partial charge is 0.289 e. The SMILES string of the molecule is O=C(NCCc1ccc(-n2cccn2)cc1)c1cc(-c2cccc(F)c2)no1. The topological polar surface area (TPSA) is 73.0 Å². The van der Waals surface area contributed by atoms with E-state index in [0.29, 0.717) is 24.2 Å². The molecule has 4 rings (SSSR count). The van der Waals surface area contributed by atoms with Gasteiger partial charge in [-0.2, -0.15) is 5.10 Å². The highest BCUT2D eigenvalue weighted by atomic mass is 19.1. The van der Waals surface area contributed by atoms with E-state index in [-0.39, 0.29) is 17.5 Å². The molecule has 0 saturated carbocycles. The van der Waals surface area contributed by atoms with E-state index in [2.05, 4.69) is 15.6 Å². The summed E-state index contributed by atoms with van der Waals surface area (Å²) in [6.07, 6.45) is 4.29. The van der Waals surface area contributed by atoms with E-state index in [1.807, 2.05) is 36.5 Å². The van der Waals surface area contributed by atoms with Gasteiger partial charge in [-0.25, -0.2) is 9.07 Å². The van der Waals surface area contributed by atoms with Crippen molar-refractivity contribution < 1.29 is 13.7 Å². The largest absolute Gasteiger partial charge is 0.350 e. The number of halogens is 1. The summed E-state index contributed by atoms with van der Waals surface area (Å²) in [5, 5.41) is 10.8. The van der Waals surface area contributed by atoms with Crippen molar-refractivity contribution in [3.63, 3.8) is 0 Å². The summed E-state index contributed by atoms with van der Waals surface area (Å²) < 4.78 is 20.2. The molecular formula is C21H17FN4O2. The molecule has 0 radical (unpaired) electrons. The number of nitrogens with zero attached hydrogens (tertiary/aromatic N) is 3. The first kappa shape index (κ1) is 17.7. The second kappa shape index (κ2) is 7.87. The summed E-state index contributed by atoms with van der Waals surface area (Å²) in [4.78, 5) is 12.2. The van der Waals surface area contributed by atoms with Gasteiger partial charge in [0.1, 0.15) is 11.5 Å². The van der Waals surface area contributed by atoms with Crippen molar-refractivity contribution in [2.75, 3.05) is 6.54 Å². The summed E-state index contributed by atoms with van der Waals surface area (Å²) in [5.74, 6) is -0.637. The van der Waals surface area contributed by atoms with Crippen LogP contribution in [0.3, 0.4) is 0 Å². The summed E-state index contributed by atoms with van der Waals surface area (Å²) in [6, 6.07) is 17.3. The first-order chi connectivity index (χ1) is 13.7. The highest BCUT2D eigenvalue weighted by Crippen LogP contribution is 2.19. The summed E-state index contributed by atoms with van der Waals surface area (Å²) in [6.45, 7) is 0.454. The minimum atomic E-state index is -0.370. The molecule has 1 N–H and O–H groups in total. The summed E-state index contributed by atoms with van der Waals surface area (Å²) in [7, 11) is 0. The summed E-state index contributed by atoms with van der Waals surface area (Å²) >= 11 is 0. The van der Waals surface area contributed by atoms with Crippen LogP contribution < -0.4 is 5.32 Å². The quantitative estimate of drug-likeness (QED) is 0.558. The predicted molar refractivity (Wildman–Crippen MR) is 101 cm³/mol. The van der Waals surface area contributed by atoms with Crippen LogP contribution in [0, 0.1) is 5.82 Å². The molecule has 4 aromatic rings. The Morgan fingerprint density at radius 3 is 2.71 bits per heavy atom. The normalized spacial score (nSPS) is 10.8. The Labute approximate surface area is 160 Å². The Bertz CT molecular complexity index is 1070. The van der Waals surface area contributed by atoms with Gasteiger partial charge in [-0.3, -0.25) is 4.79 Å². The Kier molecular flexibility index (Phi) is 4.97. The van der Waals surface area contributed by atoms with Crippen LogP contribution in [-0.4, -0.2) is 27.4 Å². The number of hydrogen-bond donors (Lipinski definition) is 1. The van der Waals surface area contributed by atoms with Crippen LogP contribution >= 0.6 is 0 Å². The van der Waals surface area contributed by atoms with Crippen LogP contribution in [0.2, 0.25) is 0 Å². The third-order valence-electron chi connectivity index (χ3n) is 4.26. The fraction of sp³-hybridized carbons (Fsp3) is 0.0952. The first-order valence-electron chi connectivity index (χ1n) is 8.79. The maximum absolute atomic E-state index is 13.3. The van der Waals surface area contributed by atoms with Gasteiger partial charge < -0.3 is 9.84 Å². The second-order valence-corrected chi connectivity index (χ2v) is 6.21. The monoisotopic (exact) mass is 376 g/mol. The molecule has 6 nitrogen and oxygen atoms in total. The summed E-state index contributed by atoms with van der Waals surface area (Å²) in [5.41, 5.74) is 3.04. The van der Waals surface area contributed by atoms with E-state index in [1.165, 1.54) is 18.2 Å².